The molecule has 2 aromatic rings. The van der Waals surface area contributed by atoms with Crippen LogP contribution in [0, 0.1) is 5.41 Å². The van der Waals surface area contributed by atoms with Crippen molar-refractivity contribution in [3.63, 3.8) is 0 Å². The number of nitrogens with one attached hydrogen (secondary N) is 1. The first-order valence-corrected chi connectivity index (χ1v) is 12.5. The molecule has 32 heavy (non-hydrogen) atoms. The summed E-state index contributed by atoms with van der Waals surface area (Å²) < 4.78 is 5.60. The molecule has 2 heterocycles. The largest absolute Gasteiger partial charge is 0.444 e. The summed E-state index contributed by atoms with van der Waals surface area (Å²) >= 11 is 1.84. The Morgan fingerprint density at radius 2 is 1.91 bits per heavy atom. The third-order valence-electron chi connectivity index (χ3n) is 6.69. The van der Waals surface area contributed by atoms with Gasteiger partial charge in [-0.25, -0.2) is 14.8 Å². The quantitative estimate of drug-likeness (QED) is 0.693. The number of thioether (sulfide) groups is 1. The van der Waals surface area contributed by atoms with Crippen LogP contribution >= 0.6 is 11.8 Å². The van der Waals surface area contributed by atoms with Gasteiger partial charge in [0.15, 0.2) is 0 Å². The minimum atomic E-state index is -0.513. The number of ether oxygens (including phenoxy) is 1. The Kier molecular flexibility index (Phi) is 5.56. The summed E-state index contributed by atoms with van der Waals surface area (Å²) in [5.74, 6) is 0.951. The summed E-state index contributed by atoms with van der Waals surface area (Å²) in [7, 11) is 0. The van der Waals surface area contributed by atoms with Gasteiger partial charge in [-0.05, 0) is 64.0 Å². The van der Waals surface area contributed by atoms with E-state index < -0.39 is 5.60 Å². The van der Waals surface area contributed by atoms with Crippen LogP contribution in [0.25, 0.3) is 0 Å². The van der Waals surface area contributed by atoms with Crippen molar-refractivity contribution in [1.82, 2.24) is 15.3 Å². The maximum absolute atomic E-state index is 12.7. The first-order valence-electron chi connectivity index (χ1n) is 11.6. The monoisotopic (exact) mass is 452 g/mol. The first kappa shape index (κ1) is 21.6. The predicted octanol–water partition coefficient (Wildman–Crippen LogP) is 5.14. The van der Waals surface area contributed by atoms with Crippen molar-refractivity contribution in [2.24, 2.45) is 5.41 Å². The van der Waals surface area contributed by atoms with Gasteiger partial charge < -0.3 is 15.0 Å². The Hall–Kier alpha value is -2.28. The fourth-order valence-corrected chi connectivity index (χ4v) is 5.92. The fourth-order valence-electron chi connectivity index (χ4n) is 4.98. The van der Waals surface area contributed by atoms with Crippen LogP contribution in [0.1, 0.15) is 63.6 Å². The number of anilines is 1. The van der Waals surface area contributed by atoms with E-state index in [4.69, 9.17) is 9.72 Å². The second kappa shape index (κ2) is 8.25. The number of hydrogen-bond acceptors (Lipinski definition) is 6. The Labute approximate surface area is 194 Å². The summed E-state index contributed by atoms with van der Waals surface area (Å²) in [4.78, 5) is 24.3. The van der Waals surface area contributed by atoms with Crippen LogP contribution in [0.15, 0.2) is 41.7 Å². The molecule has 7 heteroatoms. The van der Waals surface area contributed by atoms with E-state index in [0.717, 1.165) is 48.4 Å². The molecule has 1 aliphatic heterocycles. The summed E-state index contributed by atoms with van der Waals surface area (Å²) in [6, 6.07) is 8.48. The molecule has 1 atom stereocenters. The third-order valence-corrected chi connectivity index (χ3v) is 7.95. The zero-order valence-corrected chi connectivity index (χ0v) is 20.0. The second-order valence-electron chi connectivity index (χ2n) is 10.3. The van der Waals surface area contributed by atoms with Crippen molar-refractivity contribution >= 4 is 23.7 Å². The summed E-state index contributed by atoms with van der Waals surface area (Å²) in [6.45, 7) is 7.52. The van der Waals surface area contributed by atoms with Crippen LogP contribution < -0.4 is 10.2 Å². The van der Waals surface area contributed by atoms with Crippen LogP contribution in [0.4, 0.5) is 10.6 Å². The second-order valence-corrected chi connectivity index (χ2v) is 11.7. The SMILES string of the molecule is CC(C)(C)OC(=O)N[C@@H]1c2ccccc2CC12CCN(c1cnc(SC3CC3)cn1)CC2. The molecule has 1 aromatic heterocycles. The fraction of sp³-hybridized carbons (Fsp3) is 0.560. The summed E-state index contributed by atoms with van der Waals surface area (Å²) in [5, 5.41) is 4.99. The third kappa shape index (κ3) is 4.58. The Bertz CT molecular complexity index is 976. The van der Waals surface area contributed by atoms with E-state index >= 15 is 0 Å². The van der Waals surface area contributed by atoms with Crippen molar-refractivity contribution < 1.29 is 9.53 Å². The van der Waals surface area contributed by atoms with E-state index in [9.17, 15) is 4.79 Å². The molecular formula is C25H32N4O2S. The normalized spacial score (nSPS) is 22.0. The van der Waals surface area contributed by atoms with Gasteiger partial charge in [0.1, 0.15) is 16.4 Å². The topological polar surface area (TPSA) is 67.3 Å². The van der Waals surface area contributed by atoms with E-state index in [-0.39, 0.29) is 17.6 Å². The van der Waals surface area contributed by atoms with Gasteiger partial charge >= 0.3 is 6.09 Å². The van der Waals surface area contributed by atoms with Crippen molar-refractivity contribution in [1.29, 1.82) is 0 Å². The Balaban J connectivity index is 1.29. The van der Waals surface area contributed by atoms with Crippen LogP contribution in [0.5, 0.6) is 0 Å². The molecule has 0 radical (unpaired) electrons. The molecule has 1 spiro atoms. The molecule has 1 saturated carbocycles. The zero-order chi connectivity index (χ0) is 22.3. The smallest absolute Gasteiger partial charge is 0.408 e. The lowest BCUT2D eigenvalue weighted by Crippen LogP contribution is -2.47. The number of piperidine rings is 1. The van der Waals surface area contributed by atoms with Crippen LogP contribution in [-0.4, -0.2) is 40.0 Å². The maximum atomic E-state index is 12.7. The van der Waals surface area contributed by atoms with Crippen molar-refractivity contribution in [2.75, 3.05) is 18.0 Å². The number of benzene rings is 1. The van der Waals surface area contributed by atoms with E-state index in [1.807, 2.05) is 44.9 Å². The van der Waals surface area contributed by atoms with E-state index in [1.165, 1.54) is 24.0 Å². The molecule has 0 bridgehead atoms. The number of carbonyl (C=O) groups excluding carboxylic acids is 1. The lowest BCUT2D eigenvalue weighted by molar-refractivity contribution is 0.0428. The Morgan fingerprint density at radius 3 is 2.56 bits per heavy atom. The number of aromatic nitrogens is 2. The lowest BCUT2D eigenvalue weighted by atomic mass is 9.72. The molecule has 3 aliphatic rings. The highest BCUT2D eigenvalue weighted by Crippen LogP contribution is 2.52. The predicted molar refractivity (Wildman–Crippen MR) is 127 cm³/mol. The molecule has 1 N–H and O–H groups in total. The molecule has 1 amide bonds. The molecule has 2 fully saturated rings. The van der Waals surface area contributed by atoms with E-state index in [1.54, 1.807) is 0 Å². The summed E-state index contributed by atoms with van der Waals surface area (Å²) in [6.07, 6.45) is 9.05. The average molecular weight is 453 g/mol. The lowest BCUT2D eigenvalue weighted by Gasteiger charge is -2.43. The van der Waals surface area contributed by atoms with Crippen LogP contribution in [0.3, 0.4) is 0 Å². The minimum absolute atomic E-state index is 0.00624. The molecule has 0 unspecified atom stereocenters. The van der Waals surface area contributed by atoms with Crippen LogP contribution in [-0.2, 0) is 11.2 Å². The number of amides is 1. The molecule has 1 aromatic carbocycles. The highest BCUT2D eigenvalue weighted by Gasteiger charge is 2.48. The van der Waals surface area contributed by atoms with Gasteiger partial charge in [0.05, 0.1) is 18.4 Å². The number of hydrogen-bond donors (Lipinski definition) is 1. The number of fused-ring (bicyclic) bond motifs is 1. The molecule has 170 valence electrons. The minimum Gasteiger partial charge on any atom is -0.444 e. The molecule has 1 saturated heterocycles. The average Bonchev–Trinajstić information content (AvgIpc) is 3.52. The van der Waals surface area contributed by atoms with Gasteiger partial charge in [-0.1, -0.05) is 24.3 Å². The van der Waals surface area contributed by atoms with E-state index in [0.29, 0.717) is 0 Å². The van der Waals surface area contributed by atoms with Gasteiger partial charge in [-0.2, -0.15) is 0 Å². The highest BCUT2D eigenvalue weighted by atomic mass is 32.2. The highest BCUT2D eigenvalue weighted by molar-refractivity contribution is 8.00. The van der Waals surface area contributed by atoms with Gasteiger partial charge in [-0.3, -0.25) is 0 Å². The maximum Gasteiger partial charge on any atom is 0.408 e. The number of alkyl carbamates (subject to hydrolysis) is 1. The number of rotatable bonds is 4. The van der Waals surface area contributed by atoms with Crippen molar-refractivity contribution in [2.45, 2.75) is 74.8 Å². The van der Waals surface area contributed by atoms with Gasteiger partial charge in [-0.15, -0.1) is 11.8 Å². The van der Waals surface area contributed by atoms with Gasteiger partial charge in [0, 0.05) is 23.8 Å². The molecular weight excluding hydrogens is 420 g/mol. The molecule has 6 nitrogen and oxygen atoms in total. The van der Waals surface area contributed by atoms with Gasteiger partial charge in [0.25, 0.3) is 0 Å². The Morgan fingerprint density at radius 1 is 1.16 bits per heavy atom. The van der Waals surface area contributed by atoms with Crippen LogP contribution in [0.2, 0.25) is 0 Å². The zero-order valence-electron chi connectivity index (χ0n) is 19.1. The standard InChI is InChI=1S/C25H32N4O2S/c1-24(2,3)31-23(30)28-22-19-7-5-4-6-17(19)14-25(22)10-12-29(13-11-25)20-15-27-21(16-26-20)32-18-8-9-18/h4-7,15-16,18,22H,8-14H2,1-3H3,(H,28,30)/t22-/m1/s1. The van der Waals surface area contributed by atoms with Gasteiger partial charge in [0.2, 0.25) is 0 Å². The van der Waals surface area contributed by atoms with Crippen molar-refractivity contribution in [3.8, 4) is 0 Å². The molecule has 5 rings (SSSR count). The van der Waals surface area contributed by atoms with Crippen molar-refractivity contribution in [3.05, 3.63) is 47.8 Å². The molecule has 2 aliphatic carbocycles. The number of nitrogens with zero attached hydrogens (tertiary/aromatic N) is 3. The number of carbonyl (C=O) groups is 1. The summed E-state index contributed by atoms with van der Waals surface area (Å²) in [5.41, 5.74) is 2.06. The first-order chi connectivity index (χ1) is 15.3. The van der Waals surface area contributed by atoms with E-state index in [2.05, 4.69) is 39.5 Å².